The van der Waals surface area contributed by atoms with Crippen molar-refractivity contribution in [3.8, 4) is 0 Å². The van der Waals surface area contributed by atoms with Gasteiger partial charge < -0.3 is 16.0 Å². The van der Waals surface area contributed by atoms with Crippen LogP contribution in [0.1, 0.15) is 53.5 Å². The van der Waals surface area contributed by atoms with E-state index in [2.05, 4.69) is 38.7 Å². The van der Waals surface area contributed by atoms with Crippen molar-refractivity contribution < 1.29 is 22.8 Å². The van der Waals surface area contributed by atoms with Crippen LogP contribution in [0.15, 0.2) is 12.1 Å². The van der Waals surface area contributed by atoms with Gasteiger partial charge in [0.05, 0.1) is 0 Å². The number of benzene rings is 1. The fourth-order valence-corrected chi connectivity index (χ4v) is 3.91. The lowest BCUT2D eigenvalue weighted by Crippen LogP contribution is -2.59. The van der Waals surface area contributed by atoms with Gasteiger partial charge in [0.1, 0.15) is 11.9 Å². The quantitative estimate of drug-likeness (QED) is 0.368. The second kappa shape index (κ2) is 13.8. The Balaban J connectivity index is 0.00000164. The molecule has 34 heavy (non-hydrogen) atoms. The van der Waals surface area contributed by atoms with E-state index < -0.39 is 29.5 Å². The summed E-state index contributed by atoms with van der Waals surface area (Å²) in [5.74, 6) is -3.42. The molecule has 0 aromatic heterocycles. The zero-order valence-electron chi connectivity index (χ0n) is 20.6. The molecule has 0 spiro atoms. The Morgan fingerprint density at radius 3 is 2.24 bits per heavy atom. The van der Waals surface area contributed by atoms with Crippen molar-refractivity contribution in [1.29, 1.82) is 0 Å². The number of halogens is 4. The number of carbonyl (C=O) groups is 2. The normalized spacial score (nSPS) is 17.2. The Bertz CT molecular complexity index is 827. The van der Waals surface area contributed by atoms with Crippen LogP contribution in [-0.4, -0.2) is 57.1 Å². The molecule has 2 amide bonds. The molecular weight excluding hydrogens is 507 g/mol. The number of nitrogens with zero attached hydrogens (tertiary/aromatic N) is 1. The first kappa shape index (κ1) is 32.9. The highest BCUT2D eigenvalue weighted by atomic mass is 35.5. The molecule has 1 fully saturated rings. The number of thioether (sulfide) groups is 1. The predicted molar refractivity (Wildman–Crippen MR) is 139 cm³/mol. The van der Waals surface area contributed by atoms with E-state index in [4.69, 9.17) is 5.73 Å². The van der Waals surface area contributed by atoms with E-state index in [1.165, 1.54) is 4.90 Å². The van der Waals surface area contributed by atoms with E-state index in [0.29, 0.717) is 24.9 Å². The molecule has 1 heterocycles. The third kappa shape index (κ3) is 12.6. The molecule has 0 bridgehead atoms. The van der Waals surface area contributed by atoms with Gasteiger partial charge in [-0.15, -0.1) is 12.4 Å². The van der Waals surface area contributed by atoms with Gasteiger partial charge in [-0.25, -0.2) is 13.2 Å². The lowest BCUT2D eigenvalue weighted by atomic mass is 10.0. The highest BCUT2D eigenvalue weighted by Gasteiger charge is 2.34. The number of nitrogens with two attached hydrogens (primary N) is 1. The van der Waals surface area contributed by atoms with Crippen LogP contribution in [0.25, 0.3) is 0 Å². The second-order valence-corrected chi connectivity index (χ2v) is 13.2. The van der Waals surface area contributed by atoms with Gasteiger partial charge in [0.15, 0.2) is 11.6 Å². The van der Waals surface area contributed by atoms with Crippen molar-refractivity contribution in [2.45, 2.75) is 76.0 Å². The van der Waals surface area contributed by atoms with E-state index in [9.17, 15) is 22.8 Å². The third-order valence-corrected chi connectivity index (χ3v) is 5.68. The maximum Gasteiger partial charge on any atom is 0.243 e. The molecule has 11 heteroatoms. The Morgan fingerprint density at radius 2 is 1.71 bits per heavy atom. The summed E-state index contributed by atoms with van der Waals surface area (Å²) in [7, 11) is 0. The fraction of sp³-hybridized carbons (Fsp3) is 0.652. The minimum Gasteiger partial charge on any atom is -0.353 e. The van der Waals surface area contributed by atoms with Gasteiger partial charge in [0.25, 0.3) is 0 Å². The summed E-state index contributed by atoms with van der Waals surface area (Å²) in [4.78, 5) is 26.5. The van der Waals surface area contributed by atoms with E-state index >= 15 is 0 Å². The van der Waals surface area contributed by atoms with Crippen LogP contribution < -0.4 is 11.1 Å². The number of nitrogens with one attached hydrogen (secondary N) is 1. The molecule has 0 aliphatic carbocycles. The van der Waals surface area contributed by atoms with E-state index in [0.717, 1.165) is 6.07 Å². The van der Waals surface area contributed by atoms with Crippen molar-refractivity contribution in [2.75, 3.05) is 18.8 Å². The molecule has 1 saturated heterocycles. The molecule has 196 valence electrons. The largest absolute Gasteiger partial charge is 0.353 e. The highest BCUT2D eigenvalue weighted by Crippen LogP contribution is 2.26. The number of amides is 2. The molecule has 5 nitrogen and oxygen atoms in total. The molecule has 0 unspecified atom stereocenters. The van der Waals surface area contributed by atoms with Crippen molar-refractivity contribution in [3.63, 3.8) is 0 Å². The van der Waals surface area contributed by atoms with Crippen LogP contribution in [0.2, 0.25) is 0 Å². The first-order valence-electron chi connectivity index (χ1n) is 10.8. The summed E-state index contributed by atoms with van der Waals surface area (Å²) in [6, 6.07) is -0.162. The minimum absolute atomic E-state index is 0. The van der Waals surface area contributed by atoms with Gasteiger partial charge in [-0.2, -0.15) is 24.4 Å². The van der Waals surface area contributed by atoms with Crippen LogP contribution in [0.3, 0.4) is 0 Å². The van der Waals surface area contributed by atoms with Crippen LogP contribution in [0.5, 0.6) is 0 Å². The number of hydrogen-bond acceptors (Lipinski definition) is 5. The summed E-state index contributed by atoms with van der Waals surface area (Å²) < 4.78 is 40.3. The Morgan fingerprint density at radius 1 is 1.18 bits per heavy atom. The van der Waals surface area contributed by atoms with Crippen molar-refractivity contribution in [3.05, 3.63) is 35.1 Å². The molecule has 1 aliphatic heterocycles. The summed E-state index contributed by atoms with van der Waals surface area (Å²) in [5.41, 5.74) is 5.87. The van der Waals surface area contributed by atoms with E-state index in [1.807, 2.05) is 20.8 Å². The van der Waals surface area contributed by atoms with Crippen LogP contribution in [0.4, 0.5) is 13.2 Å². The molecule has 1 aromatic rings. The van der Waals surface area contributed by atoms with Gasteiger partial charge in [-0.05, 0) is 18.1 Å². The standard InChI is InChI=1S/C19H26F3N3O2S.C4H10S.ClH/c1-19(2,3)28-10-16-18(27)24-4-5-25(16)17(26)8-12(23)6-11-7-14(21)15(22)9-13(11)20;1-4(2,3)5;/h7,9,12,16H,4-6,8,10,23H2,1-3H3,(H,24,27);5H,1-3H3;1H/t12-,16+;;/m1../s1. The lowest BCUT2D eigenvalue weighted by Gasteiger charge is -2.36. The third-order valence-electron chi connectivity index (χ3n) is 4.33. The molecule has 0 saturated carbocycles. The lowest BCUT2D eigenvalue weighted by molar-refractivity contribution is -0.142. The average Bonchev–Trinajstić information content (AvgIpc) is 2.62. The number of carbonyl (C=O) groups excluding carboxylic acids is 2. The fourth-order valence-electron chi connectivity index (χ4n) is 2.92. The maximum absolute atomic E-state index is 13.8. The zero-order chi connectivity index (χ0) is 25.6. The van der Waals surface area contributed by atoms with Crippen molar-refractivity contribution in [2.24, 2.45) is 5.73 Å². The van der Waals surface area contributed by atoms with Crippen LogP contribution >= 0.6 is 36.8 Å². The monoisotopic (exact) mass is 543 g/mol. The number of piperazine rings is 1. The van der Waals surface area contributed by atoms with E-state index in [-0.39, 0.29) is 52.1 Å². The molecule has 1 aromatic carbocycles. The summed E-state index contributed by atoms with van der Waals surface area (Å²) in [5, 5.41) is 2.76. The van der Waals surface area contributed by atoms with Gasteiger partial charge >= 0.3 is 0 Å². The molecule has 1 aliphatic rings. The van der Waals surface area contributed by atoms with E-state index in [1.54, 1.807) is 11.8 Å². The smallest absolute Gasteiger partial charge is 0.243 e. The Labute approximate surface area is 217 Å². The van der Waals surface area contributed by atoms with Gasteiger partial charge in [-0.3, -0.25) is 9.59 Å². The predicted octanol–water partition coefficient (Wildman–Crippen LogP) is 4.36. The van der Waals surface area contributed by atoms with Gasteiger partial charge in [0, 0.05) is 46.9 Å². The summed E-state index contributed by atoms with van der Waals surface area (Å²) >= 11 is 5.70. The van der Waals surface area contributed by atoms with Gasteiger partial charge in [0.2, 0.25) is 11.8 Å². The average molecular weight is 544 g/mol. The first-order valence-corrected chi connectivity index (χ1v) is 12.2. The SMILES string of the molecule is CC(C)(C)S.CC(C)(C)SC[C@H]1C(=O)NCCN1C(=O)C[C@H](N)Cc1cc(F)c(F)cc1F.Cl. The summed E-state index contributed by atoms with van der Waals surface area (Å²) in [6.45, 7) is 13.0. The van der Waals surface area contributed by atoms with Crippen LogP contribution in [0, 0.1) is 17.5 Å². The summed E-state index contributed by atoms with van der Waals surface area (Å²) in [6.07, 6.45) is -0.237. The second-order valence-electron chi connectivity index (χ2n) is 10.0. The Kier molecular flexibility index (Phi) is 13.4. The van der Waals surface area contributed by atoms with Gasteiger partial charge in [-0.1, -0.05) is 41.5 Å². The minimum atomic E-state index is -1.27. The molecule has 3 N–H and O–H groups in total. The molecule has 0 radical (unpaired) electrons. The van der Waals surface area contributed by atoms with Crippen molar-refractivity contribution >= 4 is 48.6 Å². The Hall–Kier alpha value is -1.10. The van der Waals surface area contributed by atoms with Crippen LogP contribution in [-0.2, 0) is 16.0 Å². The molecule has 2 atom stereocenters. The molecular formula is C23H37ClF3N3O2S2. The number of rotatable bonds is 6. The maximum atomic E-state index is 13.8. The first-order chi connectivity index (χ1) is 15.0. The topological polar surface area (TPSA) is 75.4 Å². The molecule has 2 rings (SSSR count). The number of hydrogen-bond donors (Lipinski definition) is 3. The van der Waals surface area contributed by atoms with Crippen molar-refractivity contribution in [1.82, 2.24) is 10.2 Å². The highest BCUT2D eigenvalue weighted by molar-refractivity contribution is 8.00. The number of thiol groups is 1. The zero-order valence-corrected chi connectivity index (χ0v) is 23.1.